The third kappa shape index (κ3) is 6.39. The molecule has 0 aliphatic heterocycles. The zero-order valence-electron chi connectivity index (χ0n) is 12.2. The molecule has 108 valence electrons. The van der Waals surface area contributed by atoms with Crippen LogP contribution in [0.4, 0.5) is 0 Å². The van der Waals surface area contributed by atoms with E-state index in [2.05, 4.69) is 30.3 Å². The van der Waals surface area contributed by atoms with E-state index in [1.54, 1.807) is 7.11 Å². The maximum Gasteiger partial charge on any atom is 0.0587 e. The molecule has 0 radical (unpaired) electrons. The van der Waals surface area contributed by atoms with Crippen molar-refractivity contribution in [2.45, 2.75) is 19.4 Å². The Morgan fingerprint density at radius 3 is 2.84 bits per heavy atom. The van der Waals surface area contributed by atoms with Gasteiger partial charge in [-0.15, -0.1) is 0 Å². The summed E-state index contributed by atoms with van der Waals surface area (Å²) in [6, 6.07) is 8.48. The number of benzene rings is 1. The predicted octanol–water partition coefficient (Wildman–Crippen LogP) is 2.96. The molecule has 1 N–H and O–H groups in total. The van der Waals surface area contributed by atoms with Crippen molar-refractivity contribution in [3.63, 3.8) is 0 Å². The van der Waals surface area contributed by atoms with Crippen molar-refractivity contribution in [2.24, 2.45) is 0 Å². The Bertz CT molecular complexity index is 360. The minimum atomic E-state index is 0.387. The quantitative estimate of drug-likeness (QED) is 0.706. The maximum atomic E-state index is 6.03. The molecule has 1 atom stereocenters. The van der Waals surface area contributed by atoms with E-state index in [4.69, 9.17) is 16.3 Å². The number of halogens is 1. The van der Waals surface area contributed by atoms with Gasteiger partial charge in [0.25, 0.3) is 0 Å². The maximum absolute atomic E-state index is 6.03. The highest BCUT2D eigenvalue weighted by atomic mass is 35.5. The monoisotopic (exact) mass is 284 g/mol. The van der Waals surface area contributed by atoms with Crippen LogP contribution in [0.3, 0.4) is 0 Å². The molecule has 3 nitrogen and oxygen atoms in total. The van der Waals surface area contributed by atoms with Crippen LogP contribution in [0.25, 0.3) is 0 Å². The van der Waals surface area contributed by atoms with E-state index in [-0.39, 0.29) is 0 Å². The van der Waals surface area contributed by atoms with E-state index in [1.165, 1.54) is 5.56 Å². The molecule has 1 unspecified atom stereocenters. The van der Waals surface area contributed by atoms with Crippen molar-refractivity contribution >= 4 is 11.6 Å². The van der Waals surface area contributed by atoms with E-state index >= 15 is 0 Å². The van der Waals surface area contributed by atoms with Gasteiger partial charge in [-0.1, -0.05) is 23.7 Å². The van der Waals surface area contributed by atoms with E-state index in [1.807, 2.05) is 18.2 Å². The highest BCUT2D eigenvalue weighted by Crippen LogP contribution is 2.21. The minimum Gasteiger partial charge on any atom is -0.383 e. The second-order valence-electron chi connectivity index (χ2n) is 4.81. The first kappa shape index (κ1) is 16.4. The summed E-state index contributed by atoms with van der Waals surface area (Å²) in [6.07, 6.45) is 1.13. The van der Waals surface area contributed by atoms with Crippen molar-refractivity contribution in [1.29, 1.82) is 0 Å². The number of hydrogen-bond donors (Lipinski definition) is 1. The lowest BCUT2D eigenvalue weighted by atomic mass is 10.1. The zero-order chi connectivity index (χ0) is 14.1. The fourth-order valence-electron chi connectivity index (χ4n) is 1.97. The normalized spacial score (nSPS) is 12.9. The van der Waals surface area contributed by atoms with E-state index in [0.29, 0.717) is 6.04 Å². The molecule has 1 rings (SSSR count). The summed E-state index contributed by atoms with van der Waals surface area (Å²) in [5.74, 6) is 0. The Labute approximate surface area is 121 Å². The van der Waals surface area contributed by atoms with Crippen molar-refractivity contribution in [3.8, 4) is 0 Å². The standard InChI is InChI=1S/C15H25ClN2O/c1-13(14-6-4-7-15(16)12-14)18(2)10-5-8-17-9-11-19-3/h4,6-7,12-13,17H,5,8-11H2,1-3H3. The van der Waals surface area contributed by atoms with Crippen LogP contribution in [0.2, 0.25) is 5.02 Å². The molecule has 0 heterocycles. The summed E-state index contributed by atoms with van der Waals surface area (Å²) in [5.41, 5.74) is 1.27. The van der Waals surface area contributed by atoms with Gasteiger partial charge in [0.2, 0.25) is 0 Å². The third-order valence-corrected chi connectivity index (χ3v) is 3.57. The van der Waals surface area contributed by atoms with E-state index in [9.17, 15) is 0 Å². The van der Waals surface area contributed by atoms with Gasteiger partial charge in [0.05, 0.1) is 6.61 Å². The van der Waals surface area contributed by atoms with Crippen LogP contribution in [0, 0.1) is 0 Å². The molecule has 0 fully saturated rings. The number of methoxy groups -OCH3 is 1. The Kier molecular flexibility index (Phi) is 8.07. The van der Waals surface area contributed by atoms with Crippen LogP contribution < -0.4 is 5.32 Å². The van der Waals surface area contributed by atoms with Crippen LogP contribution in [-0.2, 0) is 4.74 Å². The highest BCUT2D eigenvalue weighted by molar-refractivity contribution is 6.30. The Morgan fingerprint density at radius 1 is 1.37 bits per heavy atom. The van der Waals surface area contributed by atoms with Crippen LogP contribution in [0.5, 0.6) is 0 Å². The molecule has 0 saturated carbocycles. The Balaban J connectivity index is 2.27. The molecule has 0 aliphatic carbocycles. The Hall–Kier alpha value is -0.610. The SMILES string of the molecule is COCCNCCCN(C)C(C)c1cccc(Cl)c1. The van der Waals surface area contributed by atoms with Gasteiger partial charge >= 0.3 is 0 Å². The van der Waals surface area contributed by atoms with Crippen LogP contribution in [0.15, 0.2) is 24.3 Å². The summed E-state index contributed by atoms with van der Waals surface area (Å²) in [5, 5.41) is 4.16. The highest BCUT2D eigenvalue weighted by Gasteiger charge is 2.11. The average Bonchev–Trinajstić information content (AvgIpc) is 2.41. The molecule has 0 spiro atoms. The molecule has 1 aromatic carbocycles. The van der Waals surface area contributed by atoms with Gasteiger partial charge in [-0.3, -0.25) is 4.90 Å². The van der Waals surface area contributed by atoms with E-state index in [0.717, 1.165) is 37.7 Å². The fourth-order valence-corrected chi connectivity index (χ4v) is 2.17. The lowest BCUT2D eigenvalue weighted by Gasteiger charge is -2.25. The van der Waals surface area contributed by atoms with Crippen molar-refractivity contribution in [1.82, 2.24) is 10.2 Å². The summed E-state index contributed by atoms with van der Waals surface area (Å²) in [7, 11) is 3.88. The number of hydrogen-bond acceptors (Lipinski definition) is 3. The fraction of sp³-hybridized carbons (Fsp3) is 0.600. The summed E-state index contributed by atoms with van der Waals surface area (Å²) >= 11 is 6.03. The van der Waals surface area contributed by atoms with Gasteiger partial charge in [0.15, 0.2) is 0 Å². The lowest BCUT2D eigenvalue weighted by Crippen LogP contribution is -2.27. The lowest BCUT2D eigenvalue weighted by molar-refractivity contribution is 0.198. The average molecular weight is 285 g/mol. The second-order valence-corrected chi connectivity index (χ2v) is 5.24. The zero-order valence-corrected chi connectivity index (χ0v) is 12.9. The largest absolute Gasteiger partial charge is 0.383 e. The predicted molar refractivity (Wildman–Crippen MR) is 81.9 cm³/mol. The molecule has 4 heteroatoms. The van der Waals surface area contributed by atoms with Gasteiger partial charge in [0, 0.05) is 24.7 Å². The topological polar surface area (TPSA) is 24.5 Å². The smallest absolute Gasteiger partial charge is 0.0587 e. The van der Waals surface area contributed by atoms with Crippen LogP contribution >= 0.6 is 11.6 Å². The molecule has 0 amide bonds. The summed E-state index contributed by atoms with van der Waals surface area (Å²) < 4.78 is 4.99. The van der Waals surface area contributed by atoms with Crippen molar-refractivity contribution in [2.75, 3.05) is 40.4 Å². The second kappa shape index (κ2) is 9.32. The van der Waals surface area contributed by atoms with Gasteiger partial charge < -0.3 is 10.1 Å². The third-order valence-electron chi connectivity index (χ3n) is 3.34. The summed E-state index contributed by atoms with van der Waals surface area (Å²) in [6.45, 7) is 5.99. The first-order valence-electron chi connectivity index (χ1n) is 6.80. The number of nitrogens with zero attached hydrogens (tertiary/aromatic N) is 1. The Morgan fingerprint density at radius 2 is 2.16 bits per heavy atom. The van der Waals surface area contributed by atoms with Crippen molar-refractivity contribution < 1.29 is 4.74 Å². The first-order valence-corrected chi connectivity index (χ1v) is 7.18. The molecule has 19 heavy (non-hydrogen) atoms. The van der Waals surface area contributed by atoms with E-state index < -0.39 is 0 Å². The first-order chi connectivity index (χ1) is 9.15. The van der Waals surface area contributed by atoms with Gasteiger partial charge in [-0.25, -0.2) is 0 Å². The minimum absolute atomic E-state index is 0.387. The molecular formula is C15H25ClN2O. The molecule has 0 bridgehead atoms. The van der Waals surface area contributed by atoms with Crippen LogP contribution in [-0.4, -0.2) is 45.3 Å². The number of rotatable bonds is 9. The molecule has 1 aromatic rings. The number of nitrogens with one attached hydrogen (secondary N) is 1. The van der Waals surface area contributed by atoms with Gasteiger partial charge in [-0.05, 0) is 51.2 Å². The molecule has 0 aliphatic rings. The van der Waals surface area contributed by atoms with Gasteiger partial charge in [-0.2, -0.15) is 0 Å². The molecule has 0 aromatic heterocycles. The van der Waals surface area contributed by atoms with Gasteiger partial charge in [0.1, 0.15) is 0 Å². The molecule has 0 saturated heterocycles. The van der Waals surface area contributed by atoms with Crippen molar-refractivity contribution in [3.05, 3.63) is 34.9 Å². The molecular weight excluding hydrogens is 260 g/mol. The number of ether oxygens (including phenoxy) is 1. The van der Waals surface area contributed by atoms with Crippen LogP contribution in [0.1, 0.15) is 24.9 Å². The summed E-state index contributed by atoms with van der Waals surface area (Å²) in [4.78, 5) is 2.35.